The maximum absolute atomic E-state index is 10.5. The zero-order valence-electron chi connectivity index (χ0n) is 9.73. The van der Waals surface area contributed by atoms with Gasteiger partial charge in [-0.05, 0) is 12.5 Å². The summed E-state index contributed by atoms with van der Waals surface area (Å²) >= 11 is 1.24. The highest BCUT2D eigenvalue weighted by atomic mass is 32.2. The third-order valence-electron chi connectivity index (χ3n) is 2.00. The van der Waals surface area contributed by atoms with Gasteiger partial charge in [-0.25, -0.2) is 9.97 Å². The van der Waals surface area contributed by atoms with Gasteiger partial charge in [0.2, 0.25) is 0 Å². The van der Waals surface area contributed by atoms with Crippen molar-refractivity contribution in [3.05, 3.63) is 17.6 Å². The van der Waals surface area contributed by atoms with Gasteiger partial charge in [0.25, 0.3) is 0 Å². The summed E-state index contributed by atoms with van der Waals surface area (Å²) in [5, 5.41) is 9.36. The van der Waals surface area contributed by atoms with Gasteiger partial charge in [0, 0.05) is 11.6 Å². The Balaban J connectivity index is 2.90. The molecule has 0 aromatic carbocycles. The summed E-state index contributed by atoms with van der Waals surface area (Å²) < 4.78 is 0. The lowest BCUT2D eigenvalue weighted by Gasteiger charge is -2.08. The quantitative estimate of drug-likeness (QED) is 0.632. The first-order chi connectivity index (χ1) is 7.52. The van der Waals surface area contributed by atoms with Crippen molar-refractivity contribution < 1.29 is 9.90 Å². The monoisotopic (exact) mass is 240 g/mol. The highest BCUT2D eigenvalue weighted by molar-refractivity contribution is 7.99. The average Bonchev–Trinajstić information content (AvgIpc) is 2.25. The maximum Gasteiger partial charge on any atom is 0.313 e. The van der Waals surface area contributed by atoms with Crippen molar-refractivity contribution in [1.29, 1.82) is 0 Å². The molecule has 0 aliphatic carbocycles. The molecule has 4 nitrogen and oxygen atoms in total. The molecule has 0 saturated carbocycles. The van der Waals surface area contributed by atoms with E-state index in [0.717, 1.165) is 23.0 Å². The fraction of sp³-hybridized carbons (Fsp3) is 0.545. The van der Waals surface area contributed by atoms with Crippen LogP contribution in [0.4, 0.5) is 0 Å². The lowest BCUT2D eigenvalue weighted by Crippen LogP contribution is -2.04. The zero-order chi connectivity index (χ0) is 12.1. The average molecular weight is 240 g/mol. The second kappa shape index (κ2) is 5.84. The second-order valence-corrected chi connectivity index (χ2v) is 4.74. The SMILES string of the molecule is CCc1cc(SCC(=O)O)nc(C(C)C)n1. The molecule has 0 aliphatic rings. The van der Waals surface area contributed by atoms with Crippen LogP contribution in [-0.4, -0.2) is 26.8 Å². The first-order valence-corrected chi connectivity index (χ1v) is 6.24. The van der Waals surface area contributed by atoms with Gasteiger partial charge in [-0.3, -0.25) is 4.79 Å². The van der Waals surface area contributed by atoms with Gasteiger partial charge >= 0.3 is 5.97 Å². The van der Waals surface area contributed by atoms with E-state index >= 15 is 0 Å². The van der Waals surface area contributed by atoms with Crippen molar-refractivity contribution in [3.8, 4) is 0 Å². The third kappa shape index (κ3) is 3.81. The molecule has 5 heteroatoms. The van der Waals surface area contributed by atoms with Crippen molar-refractivity contribution in [3.63, 3.8) is 0 Å². The summed E-state index contributed by atoms with van der Waals surface area (Å²) in [4.78, 5) is 19.2. The number of carboxylic acid groups (broad SMARTS) is 1. The number of nitrogens with zero attached hydrogens (tertiary/aromatic N) is 2. The molecular formula is C11H16N2O2S. The summed E-state index contributed by atoms with van der Waals surface area (Å²) in [7, 11) is 0. The van der Waals surface area contributed by atoms with Gasteiger partial charge in [0.05, 0.1) is 5.75 Å². The van der Waals surface area contributed by atoms with Crippen LogP contribution < -0.4 is 0 Å². The van der Waals surface area contributed by atoms with Gasteiger partial charge in [0.1, 0.15) is 10.9 Å². The summed E-state index contributed by atoms with van der Waals surface area (Å²) in [6.07, 6.45) is 0.836. The molecule has 0 saturated heterocycles. The van der Waals surface area contributed by atoms with Crippen molar-refractivity contribution in [2.75, 3.05) is 5.75 Å². The van der Waals surface area contributed by atoms with Gasteiger partial charge in [-0.1, -0.05) is 32.5 Å². The fourth-order valence-electron chi connectivity index (χ4n) is 1.14. The Bertz CT molecular complexity index is 380. The van der Waals surface area contributed by atoms with Crippen LogP contribution in [0.1, 0.15) is 38.2 Å². The Kier molecular flexibility index (Phi) is 4.73. The van der Waals surface area contributed by atoms with Crippen LogP contribution in [0.5, 0.6) is 0 Å². The highest BCUT2D eigenvalue weighted by Crippen LogP contribution is 2.19. The molecule has 0 bridgehead atoms. The molecule has 1 aromatic rings. The van der Waals surface area contributed by atoms with Crippen molar-refractivity contribution in [1.82, 2.24) is 9.97 Å². The summed E-state index contributed by atoms with van der Waals surface area (Å²) in [5.74, 6) is 0.258. The number of aryl methyl sites for hydroxylation is 1. The number of carboxylic acids is 1. The molecule has 0 aliphatic heterocycles. The predicted molar refractivity (Wildman–Crippen MR) is 63.9 cm³/mol. The van der Waals surface area contributed by atoms with Gasteiger partial charge < -0.3 is 5.11 Å². The smallest absolute Gasteiger partial charge is 0.313 e. The minimum atomic E-state index is -0.826. The number of aromatic nitrogens is 2. The van der Waals surface area contributed by atoms with E-state index in [0.29, 0.717) is 0 Å². The van der Waals surface area contributed by atoms with Gasteiger partial charge in [-0.2, -0.15) is 0 Å². The highest BCUT2D eigenvalue weighted by Gasteiger charge is 2.08. The summed E-state index contributed by atoms with van der Waals surface area (Å²) in [6, 6.07) is 1.86. The molecule has 16 heavy (non-hydrogen) atoms. The molecule has 0 atom stereocenters. The largest absolute Gasteiger partial charge is 0.481 e. The van der Waals surface area contributed by atoms with Crippen LogP contribution in [0.15, 0.2) is 11.1 Å². The van der Waals surface area contributed by atoms with E-state index in [1.165, 1.54) is 11.8 Å². The van der Waals surface area contributed by atoms with E-state index in [4.69, 9.17) is 5.11 Å². The Morgan fingerprint density at radius 2 is 2.19 bits per heavy atom. The van der Waals surface area contributed by atoms with Crippen LogP contribution >= 0.6 is 11.8 Å². The Hall–Kier alpha value is -1.10. The first kappa shape index (κ1) is 13.0. The minimum Gasteiger partial charge on any atom is -0.481 e. The molecule has 1 aromatic heterocycles. The predicted octanol–water partition coefficient (Wildman–Crippen LogP) is 2.34. The molecule has 0 spiro atoms. The number of hydrogen-bond donors (Lipinski definition) is 1. The van der Waals surface area contributed by atoms with E-state index in [2.05, 4.69) is 9.97 Å². The second-order valence-electron chi connectivity index (χ2n) is 3.75. The molecule has 88 valence electrons. The van der Waals surface area contributed by atoms with E-state index in [1.54, 1.807) is 0 Å². The Morgan fingerprint density at radius 1 is 1.50 bits per heavy atom. The van der Waals surface area contributed by atoms with Crippen LogP contribution in [0, 0.1) is 0 Å². The molecule has 1 rings (SSSR count). The number of carbonyl (C=O) groups is 1. The standard InChI is InChI=1S/C11H16N2O2S/c1-4-8-5-9(16-6-10(14)15)13-11(12-8)7(2)3/h5,7H,4,6H2,1-3H3,(H,14,15). The van der Waals surface area contributed by atoms with E-state index in [9.17, 15) is 4.79 Å². The van der Waals surface area contributed by atoms with Crippen LogP contribution in [0.25, 0.3) is 0 Å². The Labute approximate surface area is 99.5 Å². The van der Waals surface area contributed by atoms with E-state index in [-0.39, 0.29) is 11.7 Å². The molecule has 1 heterocycles. The third-order valence-corrected chi connectivity index (χ3v) is 2.89. The van der Waals surface area contributed by atoms with E-state index in [1.807, 2.05) is 26.8 Å². The lowest BCUT2D eigenvalue weighted by atomic mass is 10.2. The molecule has 0 unspecified atom stereocenters. The minimum absolute atomic E-state index is 0.0394. The van der Waals surface area contributed by atoms with Crippen LogP contribution in [0.3, 0.4) is 0 Å². The number of rotatable bonds is 5. The topological polar surface area (TPSA) is 63.1 Å². The van der Waals surface area contributed by atoms with Crippen molar-refractivity contribution in [2.24, 2.45) is 0 Å². The van der Waals surface area contributed by atoms with Crippen LogP contribution in [0.2, 0.25) is 0 Å². The normalized spacial score (nSPS) is 10.8. The number of thioether (sulfide) groups is 1. The lowest BCUT2D eigenvalue weighted by molar-refractivity contribution is -0.133. The summed E-state index contributed by atoms with van der Waals surface area (Å²) in [5.41, 5.74) is 0.964. The number of hydrogen-bond acceptors (Lipinski definition) is 4. The van der Waals surface area contributed by atoms with E-state index < -0.39 is 5.97 Å². The van der Waals surface area contributed by atoms with Crippen molar-refractivity contribution in [2.45, 2.75) is 38.1 Å². The zero-order valence-corrected chi connectivity index (χ0v) is 10.5. The first-order valence-electron chi connectivity index (χ1n) is 5.25. The fourth-order valence-corrected chi connectivity index (χ4v) is 1.79. The molecule has 0 fully saturated rings. The Morgan fingerprint density at radius 3 is 2.69 bits per heavy atom. The van der Waals surface area contributed by atoms with Gasteiger partial charge in [0.15, 0.2) is 0 Å². The van der Waals surface area contributed by atoms with Gasteiger partial charge in [-0.15, -0.1) is 0 Å². The van der Waals surface area contributed by atoms with Crippen LogP contribution in [-0.2, 0) is 11.2 Å². The molecule has 0 amide bonds. The molecular weight excluding hydrogens is 224 g/mol. The summed E-state index contributed by atoms with van der Waals surface area (Å²) in [6.45, 7) is 6.08. The maximum atomic E-state index is 10.5. The molecule has 0 radical (unpaired) electrons. The van der Waals surface area contributed by atoms with Crippen molar-refractivity contribution >= 4 is 17.7 Å². The molecule has 1 N–H and O–H groups in total. The number of aliphatic carboxylic acids is 1.